The highest BCUT2D eigenvalue weighted by Gasteiger charge is 2.28. The van der Waals surface area contributed by atoms with Crippen LogP contribution in [0.15, 0.2) is 0 Å². The van der Waals surface area contributed by atoms with Gasteiger partial charge in [0, 0.05) is 12.8 Å². The summed E-state index contributed by atoms with van der Waals surface area (Å²) in [4.78, 5) is 0. The van der Waals surface area contributed by atoms with Crippen LogP contribution in [0, 0.1) is 0 Å². The Morgan fingerprint density at radius 1 is 1.30 bits per heavy atom. The molecule has 0 spiro atoms. The van der Waals surface area contributed by atoms with Gasteiger partial charge in [-0.15, -0.1) is 0 Å². The first-order chi connectivity index (χ1) is 4.77. The van der Waals surface area contributed by atoms with Crippen molar-refractivity contribution in [3.8, 4) is 0 Å². The lowest BCUT2D eigenvalue weighted by atomic mass is 9.95. The topological polar surface area (TPSA) is 29.5 Å². The average Bonchev–Trinajstić information content (AvgIpc) is 1.89. The maximum atomic E-state index is 9.68. The van der Waals surface area contributed by atoms with Crippen LogP contribution in [0.25, 0.3) is 0 Å². The summed E-state index contributed by atoms with van der Waals surface area (Å²) in [6.45, 7) is 2.06. The Hall–Kier alpha value is 0.137. The maximum absolute atomic E-state index is 9.68. The fourth-order valence-electron chi connectivity index (χ4n) is 1.52. The molecule has 1 aliphatic rings. The summed E-state index contributed by atoms with van der Waals surface area (Å²) in [6, 6.07) is 0. The SMILES string of the molecule is C[SiH2]OC1(O)CCCCC1. The van der Waals surface area contributed by atoms with Crippen LogP contribution in [0.3, 0.4) is 0 Å². The Bertz CT molecular complexity index is 94.3. The van der Waals surface area contributed by atoms with Gasteiger partial charge >= 0.3 is 0 Å². The molecule has 0 heterocycles. The van der Waals surface area contributed by atoms with Gasteiger partial charge in [0.2, 0.25) is 0 Å². The van der Waals surface area contributed by atoms with Gasteiger partial charge in [-0.2, -0.15) is 0 Å². The molecule has 10 heavy (non-hydrogen) atoms. The second-order valence-electron chi connectivity index (χ2n) is 2.94. The molecule has 3 heteroatoms. The molecule has 1 rings (SSSR count). The summed E-state index contributed by atoms with van der Waals surface area (Å²) < 4.78 is 5.36. The molecule has 0 saturated heterocycles. The van der Waals surface area contributed by atoms with Crippen LogP contribution < -0.4 is 0 Å². The third kappa shape index (κ3) is 2.07. The first kappa shape index (κ1) is 8.24. The maximum Gasteiger partial charge on any atom is 0.162 e. The Morgan fingerprint density at radius 3 is 2.40 bits per heavy atom. The minimum Gasteiger partial charge on any atom is -0.398 e. The van der Waals surface area contributed by atoms with E-state index in [9.17, 15) is 5.11 Å². The Morgan fingerprint density at radius 2 is 1.90 bits per heavy atom. The van der Waals surface area contributed by atoms with Crippen molar-refractivity contribution in [1.82, 2.24) is 0 Å². The highest BCUT2D eigenvalue weighted by atomic mass is 28.2. The molecule has 0 amide bonds. The van der Waals surface area contributed by atoms with E-state index in [2.05, 4.69) is 6.55 Å². The molecule has 0 aliphatic heterocycles. The third-order valence-corrected chi connectivity index (χ3v) is 2.87. The zero-order chi connectivity index (χ0) is 7.45. The predicted octanol–water partition coefficient (Wildman–Crippen LogP) is 0.788. The second-order valence-corrected chi connectivity index (χ2v) is 3.81. The number of rotatable bonds is 2. The minimum absolute atomic E-state index is 0.438. The molecule has 0 aromatic rings. The summed E-state index contributed by atoms with van der Waals surface area (Å²) in [5, 5.41) is 9.68. The van der Waals surface area contributed by atoms with E-state index in [0.29, 0.717) is 0 Å². The molecular weight excluding hydrogens is 144 g/mol. The Balaban J connectivity index is 2.32. The van der Waals surface area contributed by atoms with Crippen molar-refractivity contribution in [2.45, 2.75) is 44.4 Å². The fraction of sp³-hybridized carbons (Fsp3) is 1.00. The van der Waals surface area contributed by atoms with Gasteiger partial charge in [-0.1, -0.05) is 13.0 Å². The van der Waals surface area contributed by atoms with E-state index >= 15 is 0 Å². The first-order valence-electron chi connectivity index (χ1n) is 4.13. The van der Waals surface area contributed by atoms with E-state index in [-0.39, 0.29) is 0 Å². The monoisotopic (exact) mass is 160 g/mol. The Kier molecular flexibility index (Phi) is 2.89. The van der Waals surface area contributed by atoms with Crippen molar-refractivity contribution in [2.75, 3.05) is 0 Å². The molecule has 0 aromatic carbocycles. The highest BCUT2D eigenvalue weighted by Crippen LogP contribution is 2.28. The van der Waals surface area contributed by atoms with Gasteiger partial charge in [0.25, 0.3) is 0 Å². The molecule has 1 N–H and O–H groups in total. The van der Waals surface area contributed by atoms with Gasteiger partial charge in [-0.25, -0.2) is 0 Å². The van der Waals surface area contributed by atoms with Crippen molar-refractivity contribution >= 4 is 9.76 Å². The van der Waals surface area contributed by atoms with Gasteiger partial charge in [0.1, 0.15) is 0 Å². The normalized spacial score (nSPS) is 25.8. The summed E-state index contributed by atoms with van der Waals surface area (Å²) in [7, 11) is -0.438. The predicted molar refractivity (Wildman–Crippen MR) is 43.5 cm³/mol. The fourth-order valence-corrected chi connectivity index (χ4v) is 2.34. The lowest BCUT2D eigenvalue weighted by molar-refractivity contribution is -0.158. The van der Waals surface area contributed by atoms with Crippen molar-refractivity contribution in [1.29, 1.82) is 0 Å². The van der Waals surface area contributed by atoms with E-state index in [1.54, 1.807) is 0 Å². The number of hydrogen-bond acceptors (Lipinski definition) is 2. The van der Waals surface area contributed by atoms with Crippen molar-refractivity contribution < 1.29 is 9.53 Å². The molecule has 1 aliphatic carbocycles. The second kappa shape index (κ2) is 3.51. The van der Waals surface area contributed by atoms with E-state index < -0.39 is 15.6 Å². The van der Waals surface area contributed by atoms with E-state index in [0.717, 1.165) is 25.7 Å². The summed E-state index contributed by atoms with van der Waals surface area (Å²) >= 11 is 0. The first-order valence-corrected chi connectivity index (χ1v) is 6.12. The van der Waals surface area contributed by atoms with Crippen LogP contribution >= 0.6 is 0 Å². The van der Waals surface area contributed by atoms with E-state index in [1.807, 2.05) is 0 Å². The molecule has 0 atom stereocenters. The van der Waals surface area contributed by atoms with Crippen molar-refractivity contribution in [3.63, 3.8) is 0 Å². The smallest absolute Gasteiger partial charge is 0.162 e. The third-order valence-electron chi connectivity index (χ3n) is 2.05. The van der Waals surface area contributed by atoms with Crippen molar-refractivity contribution in [2.24, 2.45) is 0 Å². The van der Waals surface area contributed by atoms with E-state index in [4.69, 9.17) is 4.43 Å². The van der Waals surface area contributed by atoms with Crippen LogP contribution in [0.4, 0.5) is 0 Å². The largest absolute Gasteiger partial charge is 0.398 e. The summed E-state index contributed by atoms with van der Waals surface area (Å²) in [5.74, 6) is -0.709. The molecular formula is C7H16O2Si. The van der Waals surface area contributed by atoms with Crippen LogP contribution in [0.2, 0.25) is 6.55 Å². The quantitative estimate of drug-likeness (QED) is 0.478. The average molecular weight is 160 g/mol. The zero-order valence-corrected chi connectivity index (χ0v) is 8.01. The standard InChI is InChI=1S/C7H16O2Si/c1-10-9-7(8)5-3-2-4-6-7/h8H,2-6,10H2,1H3. The zero-order valence-electron chi connectivity index (χ0n) is 6.60. The van der Waals surface area contributed by atoms with Crippen LogP contribution in [0.1, 0.15) is 32.1 Å². The molecule has 1 saturated carbocycles. The van der Waals surface area contributed by atoms with E-state index in [1.165, 1.54) is 6.42 Å². The molecule has 0 aromatic heterocycles. The summed E-state index contributed by atoms with van der Waals surface area (Å²) in [5.41, 5.74) is 0. The Labute approximate surface area is 64.5 Å². The molecule has 0 radical (unpaired) electrons. The van der Waals surface area contributed by atoms with Gasteiger partial charge in [0.15, 0.2) is 15.6 Å². The molecule has 0 bridgehead atoms. The van der Waals surface area contributed by atoms with Crippen LogP contribution in [0.5, 0.6) is 0 Å². The molecule has 2 nitrogen and oxygen atoms in total. The van der Waals surface area contributed by atoms with Gasteiger partial charge in [0.05, 0.1) is 0 Å². The van der Waals surface area contributed by atoms with Gasteiger partial charge < -0.3 is 9.53 Å². The summed E-state index contributed by atoms with van der Waals surface area (Å²) in [6.07, 6.45) is 5.23. The highest BCUT2D eigenvalue weighted by molar-refractivity contribution is 6.24. The number of hydrogen-bond donors (Lipinski definition) is 1. The van der Waals surface area contributed by atoms with Crippen molar-refractivity contribution in [3.05, 3.63) is 0 Å². The van der Waals surface area contributed by atoms with Gasteiger partial charge in [-0.3, -0.25) is 0 Å². The molecule has 0 unspecified atom stereocenters. The molecule has 60 valence electrons. The number of aliphatic hydroxyl groups is 1. The van der Waals surface area contributed by atoms with Crippen LogP contribution in [-0.4, -0.2) is 20.7 Å². The minimum atomic E-state index is -0.709. The lowest BCUT2D eigenvalue weighted by Crippen LogP contribution is -2.35. The van der Waals surface area contributed by atoms with Crippen LogP contribution in [-0.2, 0) is 4.43 Å². The molecule has 1 fully saturated rings. The van der Waals surface area contributed by atoms with Gasteiger partial charge in [-0.05, 0) is 12.8 Å². The lowest BCUT2D eigenvalue weighted by Gasteiger charge is -2.31.